The predicted octanol–water partition coefficient (Wildman–Crippen LogP) is 3.57. The van der Waals surface area contributed by atoms with Crippen LogP contribution in [0.5, 0.6) is 0 Å². The van der Waals surface area contributed by atoms with E-state index in [0.717, 1.165) is 16.4 Å². The van der Waals surface area contributed by atoms with Gasteiger partial charge in [-0.2, -0.15) is 0 Å². The molecule has 25 heavy (non-hydrogen) atoms. The molecular formula is C19H31N3O2S. The standard InChI is InChI=1S/C19H31N3O2S/c1-18(2,3)15-10-8-14(9-11-15)16(23)22(25)17(24)20-12-19(4,5)13-21(6)7/h8-11,25H,12-13H2,1-7H3,(H,20,24). The molecule has 0 bridgehead atoms. The van der Waals surface area contributed by atoms with Crippen LogP contribution >= 0.6 is 12.8 Å². The molecule has 0 aromatic heterocycles. The zero-order chi connectivity index (χ0) is 19.4. The van der Waals surface area contributed by atoms with Gasteiger partial charge in [-0.1, -0.05) is 59.6 Å². The average Bonchev–Trinajstić information content (AvgIpc) is 2.49. The normalized spacial score (nSPS) is 12.2. The van der Waals surface area contributed by atoms with E-state index in [1.54, 1.807) is 12.1 Å². The minimum atomic E-state index is -0.514. The maximum Gasteiger partial charge on any atom is 0.334 e. The van der Waals surface area contributed by atoms with Crippen LogP contribution in [0.15, 0.2) is 24.3 Å². The summed E-state index contributed by atoms with van der Waals surface area (Å²) in [5, 5.41) is 2.78. The van der Waals surface area contributed by atoms with E-state index in [-0.39, 0.29) is 10.8 Å². The molecule has 0 atom stereocenters. The van der Waals surface area contributed by atoms with E-state index in [4.69, 9.17) is 0 Å². The van der Waals surface area contributed by atoms with Gasteiger partial charge in [0.1, 0.15) is 0 Å². The van der Waals surface area contributed by atoms with Crippen molar-refractivity contribution in [1.82, 2.24) is 14.5 Å². The van der Waals surface area contributed by atoms with E-state index in [2.05, 4.69) is 57.7 Å². The number of nitrogens with one attached hydrogen (secondary N) is 1. The van der Waals surface area contributed by atoms with Crippen molar-refractivity contribution in [3.8, 4) is 0 Å². The fraction of sp³-hybridized carbons (Fsp3) is 0.579. The maximum atomic E-state index is 12.4. The molecule has 0 aliphatic rings. The van der Waals surface area contributed by atoms with Crippen molar-refractivity contribution in [2.75, 3.05) is 27.2 Å². The first-order valence-corrected chi connectivity index (χ1v) is 8.80. The smallest absolute Gasteiger partial charge is 0.334 e. The molecule has 1 rings (SSSR count). The molecule has 0 heterocycles. The Kier molecular flexibility index (Phi) is 7.08. The highest BCUT2D eigenvalue weighted by atomic mass is 32.1. The minimum Gasteiger partial charge on any atom is -0.336 e. The molecule has 140 valence electrons. The first-order chi connectivity index (χ1) is 11.3. The number of carbonyl (C=O) groups is 2. The number of hydrogen-bond donors (Lipinski definition) is 2. The molecule has 0 radical (unpaired) electrons. The monoisotopic (exact) mass is 365 g/mol. The molecular weight excluding hydrogens is 334 g/mol. The highest BCUT2D eigenvalue weighted by molar-refractivity contribution is 7.79. The van der Waals surface area contributed by atoms with Crippen molar-refractivity contribution in [2.45, 2.75) is 40.0 Å². The molecule has 1 N–H and O–H groups in total. The Hall–Kier alpha value is -1.53. The van der Waals surface area contributed by atoms with Crippen LogP contribution in [0.4, 0.5) is 4.79 Å². The van der Waals surface area contributed by atoms with E-state index in [9.17, 15) is 9.59 Å². The number of thiol groups is 1. The van der Waals surface area contributed by atoms with Gasteiger partial charge in [-0.15, -0.1) is 0 Å². The second kappa shape index (κ2) is 8.23. The lowest BCUT2D eigenvalue weighted by Gasteiger charge is -2.29. The number of rotatable bonds is 5. The van der Waals surface area contributed by atoms with Crippen LogP contribution in [0.1, 0.15) is 50.5 Å². The Morgan fingerprint density at radius 3 is 2.00 bits per heavy atom. The third-order valence-electron chi connectivity index (χ3n) is 3.85. The van der Waals surface area contributed by atoms with Gasteiger partial charge < -0.3 is 10.2 Å². The Bertz CT molecular complexity index is 604. The molecule has 0 fully saturated rings. The SMILES string of the molecule is CN(C)CC(C)(C)CNC(=O)N(S)C(=O)c1ccc(C(C)(C)C)cc1. The Morgan fingerprint density at radius 2 is 1.56 bits per heavy atom. The van der Waals surface area contributed by atoms with Gasteiger partial charge in [-0.05, 0) is 42.6 Å². The predicted molar refractivity (Wildman–Crippen MR) is 106 cm³/mol. The summed E-state index contributed by atoms with van der Waals surface area (Å²) >= 11 is 4.08. The van der Waals surface area contributed by atoms with Crippen molar-refractivity contribution < 1.29 is 9.59 Å². The zero-order valence-electron chi connectivity index (χ0n) is 16.4. The topological polar surface area (TPSA) is 52.7 Å². The summed E-state index contributed by atoms with van der Waals surface area (Å²) in [5.41, 5.74) is 1.47. The quantitative estimate of drug-likeness (QED) is 0.785. The number of nitrogens with zero attached hydrogens (tertiary/aromatic N) is 2. The second-order valence-electron chi connectivity index (χ2n) is 8.51. The van der Waals surface area contributed by atoms with Crippen molar-refractivity contribution in [3.63, 3.8) is 0 Å². The third-order valence-corrected chi connectivity index (χ3v) is 4.21. The Labute approximate surface area is 157 Å². The van der Waals surface area contributed by atoms with E-state index < -0.39 is 11.9 Å². The van der Waals surface area contributed by atoms with Gasteiger partial charge in [0.25, 0.3) is 5.91 Å². The molecule has 6 heteroatoms. The van der Waals surface area contributed by atoms with Crippen molar-refractivity contribution in [2.24, 2.45) is 5.41 Å². The summed E-state index contributed by atoms with van der Waals surface area (Å²) < 4.78 is 0.831. The number of hydrogen-bond acceptors (Lipinski definition) is 4. The van der Waals surface area contributed by atoms with Crippen LogP contribution in [0.2, 0.25) is 0 Å². The van der Waals surface area contributed by atoms with Crippen LogP contribution in [-0.4, -0.2) is 48.3 Å². The number of carbonyl (C=O) groups excluding carboxylic acids is 2. The van der Waals surface area contributed by atoms with E-state index in [0.29, 0.717) is 12.1 Å². The molecule has 3 amide bonds. The van der Waals surface area contributed by atoms with Crippen molar-refractivity contribution >= 4 is 24.8 Å². The van der Waals surface area contributed by atoms with Crippen molar-refractivity contribution in [3.05, 3.63) is 35.4 Å². The number of benzene rings is 1. The van der Waals surface area contributed by atoms with E-state index >= 15 is 0 Å². The van der Waals surface area contributed by atoms with Gasteiger partial charge in [0.05, 0.1) is 0 Å². The zero-order valence-corrected chi connectivity index (χ0v) is 17.3. The summed E-state index contributed by atoms with van der Waals surface area (Å²) in [5.74, 6) is -0.438. The summed E-state index contributed by atoms with van der Waals surface area (Å²) in [4.78, 5) is 26.7. The summed E-state index contributed by atoms with van der Waals surface area (Å²) in [6.45, 7) is 11.7. The lowest BCUT2D eigenvalue weighted by atomic mass is 9.87. The minimum absolute atomic E-state index is 0.0115. The largest absolute Gasteiger partial charge is 0.336 e. The van der Waals surface area contributed by atoms with Gasteiger partial charge in [0.15, 0.2) is 0 Å². The van der Waals surface area contributed by atoms with E-state index in [1.807, 2.05) is 26.2 Å². The lowest BCUT2D eigenvalue weighted by Crippen LogP contribution is -2.44. The number of urea groups is 1. The van der Waals surface area contributed by atoms with Gasteiger partial charge >= 0.3 is 6.03 Å². The van der Waals surface area contributed by atoms with E-state index in [1.165, 1.54) is 0 Å². The van der Waals surface area contributed by atoms with Crippen LogP contribution in [-0.2, 0) is 5.41 Å². The van der Waals surface area contributed by atoms with Gasteiger partial charge in [0.2, 0.25) is 0 Å². The van der Waals surface area contributed by atoms with Crippen LogP contribution < -0.4 is 5.32 Å². The first-order valence-electron chi connectivity index (χ1n) is 8.40. The Balaban J connectivity index is 2.71. The van der Waals surface area contributed by atoms with Crippen LogP contribution in [0, 0.1) is 5.41 Å². The molecule has 0 aliphatic heterocycles. The van der Waals surface area contributed by atoms with Gasteiger partial charge in [-0.3, -0.25) is 4.79 Å². The van der Waals surface area contributed by atoms with Crippen LogP contribution in [0.3, 0.4) is 0 Å². The summed E-state index contributed by atoms with van der Waals surface area (Å²) in [6, 6.07) is 6.77. The third kappa shape index (κ3) is 6.71. The highest BCUT2D eigenvalue weighted by Crippen LogP contribution is 2.22. The maximum absolute atomic E-state index is 12.4. The van der Waals surface area contributed by atoms with Gasteiger partial charge in [0, 0.05) is 18.7 Å². The average molecular weight is 366 g/mol. The molecule has 0 saturated heterocycles. The molecule has 0 aliphatic carbocycles. The number of imide groups is 1. The molecule has 5 nitrogen and oxygen atoms in total. The second-order valence-corrected chi connectivity index (χ2v) is 8.91. The number of amides is 3. The molecule has 0 spiro atoms. The molecule has 1 aromatic rings. The molecule has 1 aromatic carbocycles. The molecule has 0 unspecified atom stereocenters. The Morgan fingerprint density at radius 1 is 1.04 bits per heavy atom. The lowest BCUT2D eigenvalue weighted by molar-refractivity contribution is 0.0893. The van der Waals surface area contributed by atoms with Gasteiger partial charge in [-0.25, -0.2) is 9.10 Å². The van der Waals surface area contributed by atoms with Crippen molar-refractivity contribution in [1.29, 1.82) is 0 Å². The summed E-state index contributed by atoms with van der Waals surface area (Å²) in [7, 11) is 3.97. The molecule has 0 saturated carbocycles. The fourth-order valence-corrected chi connectivity index (χ4v) is 2.82. The fourth-order valence-electron chi connectivity index (χ4n) is 2.63. The first kappa shape index (κ1) is 21.5. The van der Waals surface area contributed by atoms with Crippen LogP contribution in [0.25, 0.3) is 0 Å². The summed E-state index contributed by atoms with van der Waals surface area (Å²) in [6.07, 6.45) is 0. The highest BCUT2D eigenvalue weighted by Gasteiger charge is 2.24.